The van der Waals surface area contributed by atoms with Crippen molar-refractivity contribution in [2.24, 2.45) is 0 Å². The lowest BCUT2D eigenvalue weighted by molar-refractivity contribution is -0.137. The number of halogens is 4. The van der Waals surface area contributed by atoms with Crippen molar-refractivity contribution in [3.63, 3.8) is 0 Å². The summed E-state index contributed by atoms with van der Waals surface area (Å²) >= 11 is 6.14. The second kappa shape index (κ2) is 6.13. The SMILES string of the molecule is Nc1ccc(C(F)(F)F)cc1-c1cc(-c2cccnc2)ncc1Cl. The molecule has 1 aromatic carbocycles. The van der Waals surface area contributed by atoms with Crippen molar-refractivity contribution in [2.45, 2.75) is 6.18 Å². The lowest BCUT2D eigenvalue weighted by Crippen LogP contribution is -2.06. The van der Waals surface area contributed by atoms with Crippen LogP contribution in [0.25, 0.3) is 22.4 Å². The minimum atomic E-state index is -4.46. The van der Waals surface area contributed by atoms with Gasteiger partial charge < -0.3 is 5.73 Å². The summed E-state index contributed by atoms with van der Waals surface area (Å²) in [6.07, 6.45) is 0.147. The first-order valence-corrected chi connectivity index (χ1v) is 7.27. The first kappa shape index (κ1) is 16.3. The van der Waals surface area contributed by atoms with Crippen LogP contribution in [0.3, 0.4) is 0 Å². The third kappa shape index (κ3) is 3.19. The van der Waals surface area contributed by atoms with Crippen molar-refractivity contribution < 1.29 is 13.2 Å². The molecule has 3 rings (SSSR count). The van der Waals surface area contributed by atoms with Gasteiger partial charge in [-0.3, -0.25) is 9.97 Å². The minimum Gasteiger partial charge on any atom is -0.398 e. The Kier molecular flexibility index (Phi) is 4.15. The zero-order chi connectivity index (χ0) is 17.3. The van der Waals surface area contributed by atoms with Crippen LogP contribution in [-0.2, 0) is 6.18 Å². The maximum absolute atomic E-state index is 13.0. The average Bonchev–Trinajstić information content (AvgIpc) is 2.56. The summed E-state index contributed by atoms with van der Waals surface area (Å²) in [7, 11) is 0. The molecule has 0 aliphatic carbocycles. The normalized spacial score (nSPS) is 11.5. The largest absolute Gasteiger partial charge is 0.416 e. The third-order valence-electron chi connectivity index (χ3n) is 3.48. The maximum atomic E-state index is 13.0. The fraction of sp³-hybridized carbons (Fsp3) is 0.0588. The molecule has 0 atom stereocenters. The fourth-order valence-corrected chi connectivity index (χ4v) is 2.49. The fourth-order valence-electron chi connectivity index (χ4n) is 2.28. The molecule has 0 saturated carbocycles. The molecule has 0 unspecified atom stereocenters. The van der Waals surface area contributed by atoms with Gasteiger partial charge in [0.2, 0.25) is 0 Å². The molecule has 7 heteroatoms. The van der Waals surface area contributed by atoms with Gasteiger partial charge in [-0.05, 0) is 36.4 Å². The van der Waals surface area contributed by atoms with Crippen LogP contribution in [-0.4, -0.2) is 9.97 Å². The monoisotopic (exact) mass is 349 g/mol. The quantitative estimate of drug-likeness (QED) is 0.657. The topological polar surface area (TPSA) is 51.8 Å². The number of anilines is 1. The van der Waals surface area contributed by atoms with Crippen molar-refractivity contribution in [1.29, 1.82) is 0 Å². The number of hydrogen-bond acceptors (Lipinski definition) is 3. The van der Waals surface area contributed by atoms with E-state index in [0.717, 1.165) is 17.7 Å². The Bertz CT molecular complexity index is 880. The molecule has 0 fully saturated rings. The van der Waals surface area contributed by atoms with Crippen molar-refractivity contribution in [1.82, 2.24) is 9.97 Å². The number of rotatable bonds is 2. The molecule has 122 valence electrons. The molecule has 0 aliphatic heterocycles. The van der Waals surface area contributed by atoms with E-state index in [9.17, 15) is 13.2 Å². The van der Waals surface area contributed by atoms with E-state index in [1.165, 1.54) is 12.3 Å². The summed E-state index contributed by atoms with van der Waals surface area (Å²) in [5.74, 6) is 0. The third-order valence-corrected chi connectivity index (χ3v) is 3.78. The van der Waals surface area contributed by atoms with E-state index >= 15 is 0 Å². The molecule has 3 aromatic rings. The average molecular weight is 350 g/mol. The second-order valence-corrected chi connectivity index (χ2v) is 5.50. The highest BCUT2D eigenvalue weighted by Crippen LogP contribution is 2.38. The van der Waals surface area contributed by atoms with Gasteiger partial charge in [0, 0.05) is 41.0 Å². The van der Waals surface area contributed by atoms with Crippen molar-refractivity contribution in [3.05, 3.63) is 65.6 Å². The van der Waals surface area contributed by atoms with Crippen molar-refractivity contribution in [3.8, 4) is 22.4 Å². The van der Waals surface area contributed by atoms with Gasteiger partial charge in [0.25, 0.3) is 0 Å². The Balaban J connectivity index is 2.16. The summed E-state index contributed by atoms with van der Waals surface area (Å²) in [5, 5.41) is 0.216. The lowest BCUT2D eigenvalue weighted by atomic mass is 10.00. The van der Waals surface area contributed by atoms with Crippen molar-refractivity contribution >= 4 is 17.3 Å². The number of nitrogens with zero attached hydrogens (tertiary/aromatic N) is 2. The Morgan fingerprint density at radius 2 is 1.79 bits per heavy atom. The number of nitrogen functional groups attached to an aromatic ring is 1. The Hall–Kier alpha value is -2.60. The standard InChI is InChI=1S/C17H11ClF3N3/c18-14-9-24-16(10-2-1-5-23-8-10)7-12(14)13-6-11(17(19,20)21)3-4-15(13)22/h1-9H,22H2. The molecule has 0 saturated heterocycles. The Morgan fingerprint density at radius 3 is 2.46 bits per heavy atom. The molecular weight excluding hydrogens is 339 g/mol. The van der Waals surface area contributed by atoms with Gasteiger partial charge in [-0.15, -0.1) is 0 Å². The van der Waals surface area contributed by atoms with Gasteiger partial charge in [-0.1, -0.05) is 11.6 Å². The number of benzene rings is 1. The molecule has 0 spiro atoms. The molecule has 0 bridgehead atoms. The van der Waals surface area contributed by atoms with E-state index < -0.39 is 11.7 Å². The van der Waals surface area contributed by atoms with Crippen LogP contribution in [0, 0.1) is 0 Å². The zero-order valence-corrected chi connectivity index (χ0v) is 12.9. The number of aromatic nitrogens is 2. The molecule has 2 heterocycles. The number of hydrogen-bond donors (Lipinski definition) is 1. The molecule has 24 heavy (non-hydrogen) atoms. The summed E-state index contributed by atoms with van der Waals surface area (Å²) < 4.78 is 38.9. The van der Waals surface area contributed by atoms with Gasteiger partial charge in [0.05, 0.1) is 16.3 Å². The number of alkyl halides is 3. The minimum absolute atomic E-state index is 0.202. The van der Waals surface area contributed by atoms with E-state index in [4.69, 9.17) is 17.3 Å². The van der Waals surface area contributed by atoms with Gasteiger partial charge in [-0.25, -0.2) is 0 Å². The van der Waals surface area contributed by atoms with E-state index in [-0.39, 0.29) is 16.3 Å². The molecule has 3 nitrogen and oxygen atoms in total. The molecule has 2 aromatic heterocycles. The van der Waals surface area contributed by atoms with Crippen LogP contribution >= 0.6 is 11.6 Å². The van der Waals surface area contributed by atoms with E-state index in [1.54, 1.807) is 30.6 Å². The Labute approximate surface area is 140 Å². The zero-order valence-electron chi connectivity index (χ0n) is 12.2. The lowest BCUT2D eigenvalue weighted by Gasteiger charge is -2.13. The van der Waals surface area contributed by atoms with E-state index in [1.807, 2.05) is 0 Å². The summed E-state index contributed by atoms with van der Waals surface area (Å²) in [6, 6.07) is 8.29. The van der Waals surface area contributed by atoms with Gasteiger partial charge in [-0.2, -0.15) is 13.2 Å². The Morgan fingerprint density at radius 1 is 1.00 bits per heavy atom. The second-order valence-electron chi connectivity index (χ2n) is 5.09. The van der Waals surface area contributed by atoms with Crippen molar-refractivity contribution in [2.75, 3.05) is 5.73 Å². The highest BCUT2D eigenvalue weighted by Gasteiger charge is 2.31. The van der Waals surface area contributed by atoms with Crippen LogP contribution in [0.15, 0.2) is 55.0 Å². The molecule has 0 amide bonds. The number of pyridine rings is 2. The molecule has 2 N–H and O–H groups in total. The predicted molar refractivity (Wildman–Crippen MR) is 87.3 cm³/mol. The van der Waals surface area contributed by atoms with Gasteiger partial charge >= 0.3 is 6.18 Å². The first-order chi connectivity index (χ1) is 11.4. The smallest absolute Gasteiger partial charge is 0.398 e. The van der Waals surface area contributed by atoms with E-state index in [0.29, 0.717) is 11.3 Å². The summed E-state index contributed by atoms with van der Waals surface area (Å²) in [6.45, 7) is 0. The van der Waals surface area contributed by atoms with Gasteiger partial charge in [0.15, 0.2) is 0 Å². The van der Waals surface area contributed by atoms with Gasteiger partial charge in [0.1, 0.15) is 0 Å². The van der Waals surface area contributed by atoms with Crippen LogP contribution in [0.2, 0.25) is 5.02 Å². The summed E-state index contributed by atoms with van der Waals surface area (Å²) in [4.78, 5) is 8.20. The van der Waals surface area contributed by atoms with Crippen LogP contribution in [0.5, 0.6) is 0 Å². The highest BCUT2D eigenvalue weighted by atomic mass is 35.5. The highest BCUT2D eigenvalue weighted by molar-refractivity contribution is 6.33. The van der Waals surface area contributed by atoms with Crippen LogP contribution in [0.1, 0.15) is 5.56 Å². The first-order valence-electron chi connectivity index (χ1n) is 6.89. The maximum Gasteiger partial charge on any atom is 0.416 e. The molecular formula is C17H11ClF3N3. The molecule has 0 aliphatic rings. The molecule has 0 radical (unpaired) electrons. The van der Waals surface area contributed by atoms with Crippen LogP contribution in [0.4, 0.5) is 18.9 Å². The van der Waals surface area contributed by atoms with E-state index in [2.05, 4.69) is 9.97 Å². The summed E-state index contributed by atoms with van der Waals surface area (Å²) in [5.41, 5.74) is 7.13. The predicted octanol–water partition coefficient (Wildman–Crippen LogP) is 5.07. The number of nitrogens with two attached hydrogens (primary N) is 1. The van der Waals surface area contributed by atoms with Crippen LogP contribution < -0.4 is 5.73 Å².